The van der Waals surface area contributed by atoms with E-state index < -0.39 is 0 Å². The van der Waals surface area contributed by atoms with Crippen LogP contribution < -0.4 is 4.74 Å². The first-order chi connectivity index (χ1) is 11.2. The van der Waals surface area contributed by atoms with E-state index in [1.165, 1.54) is 0 Å². The van der Waals surface area contributed by atoms with Crippen molar-refractivity contribution in [1.82, 2.24) is 4.90 Å². The Morgan fingerprint density at radius 1 is 1.35 bits per heavy atom. The van der Waals surface area contributed by atoms with E-state index in [0.717, 1.165) is 11.3 Å². The molecule has 0 saturated carbocycles. The summed E-state index contributed by atoms with van der Waals surface area (Å²) in [5.74, 6) is 3.26. The first-order valence-corrected chi connectivity index (χ1v) is 7.40. The molecular weight excluding hydrogens is 298 g/mol. The molecule has 1 fully saturated rings. The van der Waals surface area contributed by atoms with Crippen LogP contribution in [-0.2, 0) is 20.6 Å². The minimum atomic E-state index is -0.344. The first kappa shape index (κ1) is 17.1. The molecule has 1 aromatic rings. The molecule has 1 aliphatic rings. The quantitative estimate of drug-likeness (QED) is 0.394. The number of ether oxygens (including phenoxy) is 4. The third kappa shape index (κ3) is 5.16. The normalized spacial score (nSPS) is 17.0. The van der Waals surface area contributed by atoms with Crippen LogP contribution in [0, 0.1) is 12.3 Å². The Balaban J connectivity index is 1.80. The zero-order valence-electron chi connectivity index (χ0n) is 13.2. The maximum Gasteiger partial charge on any atom is 0.411 e. The molecule has 1 unspecified atom stereocenters. The number of nitrogens with zero attached hydrogens (tertiary/aromatic N) is 1. The third-order valence-corrected chi connectivity index (χ3v) is 3.43. The highest BCUT2D eigenvalue weighted by Gasteiger charge is 2.32. The Hall–Kier alpha value is -2.23. The zero-order chi connectivity index (χ0) is 16.5. The van der Waals surface area contributed by atoms with E-state index >= 15 is 0 Å². The number of methoxy groups -OCH3 is 1. The lowest BCUT2D eigenvalue weighted by Gasteiger charge is -2.18. The van der Waals surface area contributed by atoms with Crippen LogP contribution in [0.15, 0.2) is 24.3 Å². The Bertz CT molecular complexity index is 537. The molecule has 124 valence electrons. The molecule has 0 bridgehead atoms. The molecule has 0 radical (unpaired) electrons. The lowest BCUT2D eigenvalue weighted by atomic mass is 10.1. The number of hydrogen-bond acceptors (Lipinski definition) is 5. The van der Waals surface area contributed by atoms with Crippen LogP contribution in [0.4, 0.5) is 4.79 Å². The predicted octanol–water partition coefficient (Wildman–Crippen LogP) is 1.68. The summed E-state index contributed by atoms with van der Waals surface area (Å²) in [6.07, 6.45) is 5.64. The molecule has 1 saturated heterocycles. The highest BCUT2D eigenvalue weighted by atomic mass is 16.7. The van der Waals surface area contributed by atoms with Gasteiger partial charge in [-0.25, -0.2) is 4.79 Å². The van der Waals surface area contributed by atoms with Crippen molar-refractivity contribution in [1.29, 1.82) is 0 Å². The topological polar surface area (TPSA) is 57.2 Å². The minimum absolute atomic E-state index is 0.0206. The molecule has 23 heavy (non-hydrogen) atoms. The fourth-order valence-electron chi connectivity index (χ4n) is 2.31. The van der Waals surface area contributed by atoms with E-state index in [-0.39, 0.29) is 25.5 Å². The van der Waals surface area contributed by atoms with Gasteiger partial charge in [-0.1, -0.05) is 18.1 Å². The second kappa shape index (κ2) is 9.03. The van der Waals surface area contributed by atoms with Crippen LogP contribution in [0.25, 0.3) is 0 Å². The van der Waals surface area contributed by atoms with Gasteiger partial charge >= 0.3 is 6.09 Å². The van der Waals surface area contributed by atoms with Crippen molar-refractivity contribution < 1.29 is 23.7 Å². The molecule has 0 spiro atoms. The second-order valence-corrected chi connectivity index (χ2v) is 5.07. The van der Waals surface area contributed by atoms with E-state index in [0.29, 0.717) is 26.2 Å². The van der Waals surface area contributed by atoms with E-state index in [1.807, 2.05) is 24.3 Å². The van der Waals surface area contributed by atoms with Gasteiger partial charge in [-0.3, -0.25) is 4.90 Å². The van der Waals surface area contributed by atoms with Gasteiger partial charge in [0.2, 0.25) is 0 Å². The third-order valence-electron chi connectivity index (χ3n) is 3.43. The highest BCUT2D eigenvalue weighted by Crippen LogP contribution is 2.19. The average Bonchev–Trinajstić information content (AvgIpc) is 2.90. The van der Waals surface area contributed by atoms with Crippen LogP contribution in [0.1, 0.15) is 5.56 Å². The van der Waals surface area contributed by atoms with Crippen LogP contribution in [0.3, 0.4) is 0 Å². The summed E-state index contributed by atoms with van der Waals surface area (Å²) in [4.78, 5) is 13.2. The molecule has 1 aliphatic heterocycles. The number of carbonyl (C=O) groups excluding carboxylic acids is 1. The van der Waals surface area contributed by atoms with Gasteiger partial charge in [-0.2, -0.15) is 0 Å². The van der Waals surface area contributed by atoms with Gasteiger partial charge in [-0.05, 0) is 24.1 Å². The molecule has 1 amide bonds. The van der Waals surface area contributed by atoms with E-state index in [2.05, 4.69) is 5.92 Å². The van der Waals surface area contributed by atoms with Crippen molar-refractivity contribution in [3.05, 3.63) is 29.8 Å². The van der Waals surface area contributed by atoms with Gasteiger partial charge in [0.15, 0.2) is 0 Å². The van der Waals surface area contributed by atoms with Gasteiger partial charge in [0.05, 0.1) is 19.2 Å². The summed E-state index contributed by atoms with van der Waals surface area (Å²) in [7, 11) is 1.58. The maximum atomic E-state index is 11.6. The lowest BCUT2D eigenvalue weighted by molar-refractivity contribution is -0.0387. The van der Waals surface area contributed by atoms with Gasteiger partial charge < -0.3 is 18.9 Å². The number of terminal acetylenes is 1. The van der Waals surface area contributed by atoms with Crippen LogP contribution in [0.5, 0.6) is 5.75 Å². The van der Waals surface area contributed by atoms with Crippen molar-refractivity contribution in [2.24, 2.45) is 0 Å². The molecule has 0 N–H and O–H groups in total. The average molecular weight is 319 g/mol. The molecule has 1 atom stereocenters. The smallest absolute Gasteiger partial charge is 0.411 e. The monoisotopic (exact) mass is 319 g/mol. The molecule has 6 heteroatoms. The summed E-state index contributed by atoms with van der Waals surface area (Å²) < 4.78 is 20.5. The molecule has 0 aliphatic carbocycles. The molecule has 6 nitrogen and oxygen atoms in total. The Morgan fingerprint density at radius 2 is 2.13 bits per heavy atom. The van der Waals surface area contributed by atoms with Crippen molar-refractivity contribution in [3.8, 4) is 18.1 Å². The number of hydrogen-bond donors (Lipinski definition) is 0. The van der Waals surface area contributed by atoms with E-state index in [1.54, 1.807) is 12.0 Å². The fourth-order valence-corrected chi connectivity index (χ4v) is 2.31. The molecule has 0 aromatic heterocycles. The standard InChI is InChI=1S/C17H21NO5/c1-3-8-18-15(12-23-17(18)19)11-14-4-6-16(7-5-14)22-10-9-21-13-20-2/h1,4-7,15H,8-13H2,2H3. The zero-order valence-corrected chi connectivity index (χ0v) is 13.2. The number of rotatable bonds is 9. The van der Waals surface area contributed by atoms with Gasteiger partial charge in [0.25, 0.3) is 0 Å². The number of cyclic esters (lactones) is 1. The largest absolute Gasteiger partial charge is 0.491 e. The van der Waals surface area contributed by atoms with Crippen molar-refractivity contribution in [2.75, 3.05) is 40.3 Å². The number of amides is 1. The SMILES string of the molecule is C#CCN1C(=O)OCC1Cc1ccc(OCCOCOC)cc1. The summed E-state index contributed by atoms with van der Waals surface area (Å²) in [6, 6.07) is 7.72. The summed E-state index contributed by atoms with van der Waals surface area (Å²) in [6.45, 7) is 1.84. The summed E-state index contributed by atoms with van der Waals surface area (Å²) in [5.41, 5.74) is 1.10. The highest BCUT2D eigenvalue weighted by molar-refractivity contribution is 5.70. The second-order valence-electron chi connectivity index (χ2n) is 5.07. The predicted molar refractivity (Wildman–Crippen MR) is 84.1 cm³/mol. The maximum absolute atomic E-state index is 11.6. The summed E-state index contributed by atoms with van der Waals surface area (Å²) in [5, 5.41) is 0. The van der Waals surface area contributed by atoms with Crippen molar-refractivity contribution in [3.63, 3.8) is 0 Å². The lowest BCUT2D eigenvalue weighted by Crippen LogP contribution is -2.35. The van der Waals surface area contributed by atoms with Gasteiger partial charge in [0, 0.05) is 7.11 Å². The van der Waals surface area contributed by atoms with Crippen LogP contribution in [0.2, 0.25) is 0 Å². The number of benzene rings is 1. The minimum Gasteiger partial charge on any atom is -0.491 e. The van der Waals surface area contributed by atoms with E-state index in [4.69, 9.17) is 25.4 Å². The molecule has 1 heterocycles. The molecule has 2 rings (SSSR count). The first-order valence-electron chi connectivity index (χ1n) is 7.40. The van der Waals surface area contributed by atoms with Crippen LogP contribution in [-0.4, -0.2) is 57.3 Å². The Morgan fingerprint density at radius 3 is 2.83 bits per heavy atom. The summed E-state index contributed by atoms with van der Waals surface area (Å²) >= 11 is 0. The van der Waals surface area contributed by atoms with Crippen molar-refractivity contribution >= 4 is 6.09 Å². The van der Waals surface area contributed by atoms with Gasteiger partial charge in [0.1, 0.15) is 25.8 Å². The Kier molecular flexibility index (Phi) is 6.73. The van der Waals surface area contributed by atoms with Gasteiger partial charge in [-0.15, -0.1) is 6.42 Å². The van der Waals surface area contributed by atoms with Crippen molar-refractivity contribution in [2.45, 2.75) is 12.5 Å². The van der Waals surface area contributed by atoms with E-state index in [9.17, 15) is 4.79 Å². The fraction of sp³-hybridized carbons (Fsp3) is 0.471. The number of carbonyl (C=O) groups is 1. The molecular formula is C17H21NO5. The molecule has 1 aromatic carbocycles. The Labute approximate surface area is 136 Å². The van der Waals surface area contributed by atoms with Crippen LogP contribution >= 0.6 is 0 Å².